The zero-order chi connectivity index (χ0) is 15.4. The summed E-state index contributed by atoms with van der Waals surface area (Å²) in [5.74, 6) is -0.649. The molecule has 114 valence electrons. The first kappa shape index (κ1) is 15.5. The third-order valence-electron chi connectivity index (χ3n) is 3.24. The molecule has 0 aliphatic heterocycles. The largest absolute Gasteiger partial charge is 0.475 e. The quantitative estimate of drug-likeness (QED) is 0.730. The van der Waals surface area contributed by atoms with Crippen LogP contribution in [-0.2, 0) is 6.54 Å². The van der Waals surface area contributed by atoms with Crippen molar-refractivity contribution >= 4 is 16.9 Å². The molecule has 1 aromatic carbocycles. The van der Waals surface area contributed by atoms with E-state index in [9.17, 15) is 9.90 Å². The number of nitrogens with one attached hydrogen (secondary N) is 1. The van der Waals surface area contributed by atoms with Crippen LogP contribution in [0.3, 0.4) is 0 Å². The van der Waals surface area contributed by atoms with Gasteiger partial charge < -0.3 is 19.9 Å². The van der Waals surface area contributed by atoms with Gasteiger partial charge in [-0.3, -0.25) is 0 Å². The van der Waals surface area contributed by atoms with Crippen molar-refractivity contribution in [2.75, 3.05) is 6.54 Å². The summed E-state index contributed by atoms with van der Waals surface area (Å²) >= 11 is 0. The van der Waals surface area contributed by atoms with Crippen molar-refractivity contribution < 1.29 is 19.4 Å². The average Bonchev–Trinajstić information content (AvgIpc) is 2.81. The van der Waals surface area contributed by atoms with E-state index < -0.39 is 5.97 Å². The summed E-state index contributed by atoms with van der Waals surface area (Å²) in [6.45, 7) is 5.33. The minimum atomic E-state index is -1.07. The van der Waals surface area contributed by atoms with Crippen molar-refractivity contribution in [2.45, 2.75) is 32.9 Å². The van der Waals surface area contributed by atoms with Crippen LogP contribution in [0.4, 0.5) is 0 Å². The number of benzene rings is 1. The molecule has 21 heavy (non-hydrogen) atoms. The molecule has 5 heteroatoms. The Morgan fingerprint density at radius 2 is 2.10 bits per heavy atom. The van der Waals surface area contributed by atoms with Crippen LogP contribution in [-0.4, -0.2) is 28.8 Å². The number of aliphatic hydroxyl groups is 1. The van der Waals surface area contributed by atoms with Crippen LogP contribution in [0, 0.1) is 5.92 Å². The normalized spacial score (nSPS) is 13.0. The van der Waals surface area contributed by atoms with Gasteiger partial charge in [-0.2, -0.15) is 0 Å². The van der Waals surface area contributed by atoms with Crippen molar-refractivity contribution in [2.24, 2.45) is 5.92 Å². The topological polar surface area (TPSA) is 82.7 Å². The molecule has 1 aromatic heterocycles. The molecule has 0 bridgehead atoms. The number of carboxylic acids is 1. The molecule has 1 unspecified atom stereocenters. The van der Waals surface area contributed by atoms with Crippen molar-refractivity contribution in [3.8, 4) is 0 Å². The Hall–Kier alpha value is -1.85. The number of aromatic carboxylic acids is 1. The molecule has 0 aliphatic rings. The lowest BCUT2D eigenvalue weighted by Crippen LogP contribution is -2.27. The minimum absolute atomic E-state index is 0.0533. The first-order valence-electron chi connectivity index (χ1n) is 7.10. The Bertz CT molecular complexity index is 618. The van der Waals surface area contributed by atoms with Crippen LogP contribution >= 0.6 is 0 Å². The lowest BCUT2D eigenvalue weighted by Gasteiger charge is -2.13. The fourth-order valence-corrected chi connectivity index (χ4v) is 2.32. The second kappa shape index (κ2) is 6.74. The number of carbonyl (C=O) groups is 1. The van der Waals surface area contributed by atoms with Gasteiger partial charge in [-0.1, -0.05) is 19.9 Å². The van der Waals surface area contributed by atoms with Crippen LogP contribution in [0.2, 0.25) is 0 Å². The van der Waals surface area contributed by atoms with Gasteiger partial charge in [-0.15, -0.1) is 0 Å². The van der Waals surface area contributed by atoms with E-state index in [0.717, 1.165) is 17.4 Å². The van der Waals surface area contributed by atoms with Crippen molar-refractivity contribution in [3.63, 3.8) is 0 Å². The third-order valence-corrected chi connectivity index (χ3v) is 3.24. The molecule has 0 saturated heterocycles. The number of carboxylic acid groups (broad SMARTS) is 1. The molecule has 0 spiro atoms. The molecule has 2 rings (SSSR count). The van der Waals surface area contributed by atoms with Gasteiger partial charge in [0.25, 0.3) is 0 Å². The predicted octanol–water partition coefficient (Wildman–Crippen LogP) is 2.63. The van der Waals surface area contributed by atoms with Crippen LogP contribution in [0.25, 0.3) is 11.0 Å². The first-order valence-corrected chi connectivity index (χ1v) is 7.10. The number of hydrogen-bond acceptors (Lipinski definition) is 4. The second-order valence-electron chi connectivity index (χ2n) is 5.70. The summed E-state index contributed by atoms with van der Waals surface area (Å²) < 4.78 is 5.21. The lowest BCUT2D eigenvalue weighted by atomic mass is 10.1. The highest BCUT2D eigenvalue weighted by molar-refractivity contribution is 5.91. The minimum Gasteiger partial charge on any atom is -0.475 e. The van der Waals surface area contributed by atoms with Gasteiger partial charge in [0.2, 0.25) is 5.76 Å². The number of fused-ring (bicyclic) bond motifs is 1. The Kier molecular flexibility index (Phi) is 4.98. The van der Waals surface area contributed by atoms with Gasteiger partial charge in [0.15, 0.2) is 0 Å². The summed E-state index contributed by atoms with van der Waals surface area (Å²) in [5.41, 5.74) is 1.59. The van der Waals surface area contributed by atoms with Gasteiger partial charge in [-0.05, 0) is 36.1 Å². The maximum atomic E-state index is 10.9. The fraction of sp³-hybridized carbons (Fsp3) is 0.438. The van der Waals surface area contributed by atoms with E-state index in [2.05, 4.69) is 19.2 Å². The fourth-order valence-electron chi connectivity index (χ4n) is 2.32. The van der Waals surface area contributed by atoms with E-state index >= 15 is 0 Å². The second-order valence-corrected chi connectivity index (χ2v) is 5.70. The molecule has 0 radical (unpaired) electrons. The zero-order valence-electron chi connectivity index (χ0n) is 12.3. The van der Waals surface area contributed by atoms with Gasteiger partial charge >= 0.3 is 5.97 Å². The molecule has 3 N–H and O–H groups in total. The summed E-state index contributed by atoms with van der Waals surface area (Å²) in [6, 6.07) is 7.07. The lowest BCUT2D eigenvalue weighted by molar-refractivity contribution is 0.0665. The van der Waals surface area contributed by atoms with Crippen molar-refractivity contribution in [3.05, 3.63) is 35.6 Å². The highest BCUT2D eigenvalue weighted by Gasteiger charge is 2.11. The summed E-state index contributed by atoms with van der Waals surface area (Å²) in [6.07, 6.45) is 0.428. The molecule has 0 saturated carbocycles. The average molecular weight is 291 g/mol. The smallest absolute Gasteiger partial charge is 0.371 e. The molecule has 2 aromatic rings. The molecule has 0 amide bonds. The van der Waals surface area contributed by atoms with Crippen molar-refractivity contribution in [1.82, 2.24) is 5.32 Å². The molecule has 0 fully saturated rings. The standard InChI is InChI=1S/C16H21NO4/c1-10(2)5-13(18)9-17-8-11-3-4-14-12(6-11)7-15(21-14)16(19)20/h3-4,6-7,10,13,17-18H,5,8-9H2,1-2H3,(H,19,20). The number of furan rings is 1. The van der Waals surface area contributed by atoms with Crippen molar-refractivity contribution in [1.29, 1.82) is 0 Å². The Morgan fingerprint density at radius 3 is 2.76 bits per heavy atom. The SMILES string of the molecule is CC(C)CC(O)CNCc1ccc2oc(C(=O)O)cc2c1. The predicted molar refractivity (Wildman–Crippen MR) is 80.3 cm³/mol. The van der Waals surface area contributed by atoms with Crippen LogP contribution in [0.5, 0.6) is 0 Å². The number of aliphatic hydroxyl groups excluding tert-OH is 1. The molecule has 1 heterocycles. The Labute approximate surface area is 123 Å². The maximum absolute atomic E-state index is 10.9. The summed E-state index contributed by atoms with van der Waals surface area (Å²) in [4.78, 5) is 10.9. The summed E-state index contributed by atoms with van der Waals surface area (Å²) in [7, 11) is 0. The van der Waals surface area contributed by atoms with Gasteiger partial charge in [0.1, 0.15) is 5.58 Å². The monoisotopic (exact) mass is 291 g/mol. The number of rotatable bonds is 7. The van der Waals surface area contributed by atoms with Crippen LogP contribution < -0.4 is 5.32 Å². The molecular weight excluding hydrogens is 270 g/mol. The molecular formula is C16H21NO4. The van der Waals surface area contributed by atoms with E-state index in [0.29, 0.717) is 24.6 Å². The third kappa shape index (κ3) is 4.31. The highest BCUT2D eigenvalue weighted by atomic mass is 16.4. The van der Waals surface area contributed by atoms with E-state index in [1.54, 1.807) is 6.07 Å². The number of hydrogen-bond donors (Lipinski definition) is 3. The van der Waals surface area contributed by atoms with E-state index in [-0.39, 0.29) is 11.9 Å². The highest BCUT2D eigenvalue weighted by Crippen LogP contribution is 2.20. The van der Waals surface area contributed by atoms with E-state index in [1.165, 1.54) is 6.07 Å². The molecule has 1 atom stereocenters. The maximum Gasteiger partial charge on any atom is 0.371 e. The Balaban J connectivity index is 1.95. The van der Waals surface area contributed by atoms with Crippen LogP contribution in [0.1, 0.15) is 36.4 Å². The molecule has 5 nitrogen and oxygen atoms in total. The van der Waals surface area contributed by atoms with Gasteiger partial charge in [0, 0.05) is 18.5 Å². The van der Waals surface area contributed by atoms with Crippen LogP contribution in [0.15, 0.2) is 28.7 Å². The van der Waals surface area contributed by atoms with Gasteiger partial charge in [0.05, 0.1) is 6.10 Å². The van der Waals surface area contributed by atoms with E-state index in [4.69, 9.17) is 9.52 Å². The Morgan fingerprint density at radius 1 is 1.33 bits per heavy atom. The zero-order valence-corrected chi connectivity index (χ0v) is 12.3. The first-order chi connectivity index (χ1) is 9.95. The molecule has 0 aliphatic carbocycles. The van der Waals surface area contributed by atoms with Gasteiger partial charge in [-0.25, -0.2) is 4.79 Å². The van der Waals surface area contributed by atoms with E-state index in [1.807, 2.05) is 12.1 Å². The summed E-state index contributed by atoms with van der Waals surface area (Å²) in [5, 5.41) is 22.7.